The second-order valence-corrected chi connectivity index (χ2v) is 6.21. The number of rotatable bonds is 2. The molecule has 2 atom stereocenters. The van der Waals surface area contributed by atoms with Crippen molar-refractivity contribution < 1.29 is 14.6 Å². The van der Waals surface area contributed by atoms with Gasteiger partial charge in [0.15, 0.2) is 0 Å². The largest absolute Gasteiger partial charge is 0.506 e. The summed E-state index contributed by atoms with van der Waals surface area (Å²) < 4.78 is 5.67. The molecule has 2 aliphatic rings. The summed E-state index contributed by atoms with van der Waals surface area (Å²) in [4.78, 5) is 18.5. The van der Waals surface area contributed by atoms with Crippen LogP contribution in [-0.2, 0) is 4.74 Å². The van der Waals surface area contributed by atoms with Gasteiger partial charge in [0.25, 0.3) is 5.91 Å². The molecule has 1 saturated heterocycles. The fourth-order valence-electron chi connectivity index (χ4n) is 3.95. The second kappa shape index (κ2) is 5.64. The minimum Gasteiger partial charge on any atom is -0.506 e. The van der Waals surface area contributed by atoms with Crippen molar-refractivity contribution in [1.82, 2.24) is 9.88 Å². The molecule has 2 fully saturated rings. The van der Waals surface area contributed by atoms with E-state index in [1.807, 2.05) is 4.90 Å². The number of likely N-dealkylation sites (tertiary alicyclic amines) is 1. The Morgan fingerprint density at radius 1 is 1.43 bits per heavy atom. The predicted molar refractivity (Wildman–Crippen MR) is 78.1 cm³/mol. The second-order valence-electron chi connectivity index (χ2n) is 6.21. The summed E-state index contributed by atoms with van der Waals surface area (Å²) in [5.74, 6) is 0.0349. The zero-order valence-electron chi connectivity index (χ0n) is 12.4. The van der Waals surface area contributed by atoms with Gasteiger partial charge in [-0.3, -0.25) is 4.79 Å². The van der Waals surface area contributed by atoms with Crippen LogP contribution < -0.4 is 0 Å². The van der Waals surface area contributed by atoms with Crippen molar-refractivity contribution in [2.75, 3.05) is 20.2 Å². The van der Waals surface area contributed by atoms with Gasteiger partial charge in [-0.2, -0.15) is 0 Å². The van der Waals surface area contributed by atoms with Crippen molar-refractivity contribution in [3.8, 4) is 5.75 Å². The molecule has 0 bridgehead atoms. The monoisotopic (exact) mass is 290 g/mol. The molecular formula is C16H22N2O3. The maximum Gasteiger partial charge on any atom is 0.272 e. The summed E-state index contributed by atoms with van der Waals surface area (Å²) >= 11 is 0. The molecular weight excluding hydrogens is 268 g/mol. The van der Waals surface area contributed by atoms with E-state index in [0.29, 0.717) is 5.69 Å². The standard InChI is InChI=1S/C16H22N2O3/c1-21-14-4-2-7-16(14)8-3-9-18(11-16)15(20)13-6-5-12(19)10-17-13/h5-6,10,14,19H,2-4,7-9,11H2,1H3/t14-,16+/m1/s1. The van der Waals surface area contributed by atoms with Gasteiger partial charge in [-0.25, -0.2) is 4.98 Å². The highest BCUT2D eigenvalue weighted by molar-refractivity contribution is 5.92. The van der Waals surface area contributed by atoms with Crippen LogP contribution in [0, 0.1) is 5.41 Å². The molecule has 1 amide bonds. The molecule has 1 aliphatic carbocycles. The van der Waals surface area contributed by atoms with Crippen LogP contribution in [0.1, 0.15) is 42.6 Å². The summed E-state index contributed by atoms with van der Waals surface area (Å²) in [6, 6.07) is 3.09. The average Bonchev–Trinajstić information content (AvgIpc) is 2.89. The summed E-state index contributed by atoms with van der Waals surface area (Å²) in [7, 11) is 1.78. The van der Waals surface area contributed by atoms with Crippen LogP contribution in [0.2, 0.25) is 0 Å². The van der Waals surface area contributed by atoms with Crippen LogP contribution in [0.15, 0.2) is 18.3 Å². The lowest BCUT2D eigenvalue weighted by Crippen LogP contribution is -2.50. The van der Waals surface area contributed by atoms with Crippen molar-refractivity contribution in [1.29, 1.82) is 0 Å². The SMILES string of the molecule is CO[C@@H]1CCC[C@@]12CCCN(C(=O)c1ccc(O)cn1)C2. The highest BCUT2D eigenvalue weighted by Crippen LogP contribution is 2.46. The van der Waals surface area contributed by atoms with Gasteiger partial charge in [-0.15, -0.1) is 0 Å². The molecule has 114 valence electrons. The van der Waals surface area contributed by atoms with Crippen molar-refractivity contribution in [3.05, 3.63) is 24.0 Å². The Labute approximate surface area is 124 Å². The number of amides is 1. The number of carbonyl (C=O) groups excluding carboxylic acids is 1. The number of piperidine rings is 1. The highest BCUT2D eigenvalue weighted by atomic mass is 16.5. The Morgan fingerprint density at radius 3 is 2.95 bits per heavy atom. The Bertz CT molecular complexity index is 517. The lowest BCUT2D eigenvalue weighted by molar-refractivity contribution is -0.0296. The fraction of sp³-hybridized carbons (Fsp3) is 0.625. The third-order valence-electron chi connectivity index (χ3n) is 4.97. The molecule has 2 heterocycles. The summed E-state index contributed by atoms with van der Waals surface area (Å²) in [5, 5.41) is 9.28. The van der Waals surface area contributed by atoms with E-state index in [9.17, 15) is 9.90 Å². The van der Waals surface area contributed by atoms with E-state index < -0.39 is 0 Å². The molecule has 3 rings (SSSR count). The van der Waals surface area contributed by atoms with Gasteiger partial charge in [0, 0.05) is 25.6 Å². The quantitative estimate of drug-likeness (QED) is 0.907. The number of aromatic hydroxyl groups is 1. The fourth-order valence-corrected chi connectivity index (χ4v) is 3.95. The first-order valence-corrected chi connectivity index (χ1v) is 7.62. The number of methoxy groups -OCH3 is 1. The number of ether oxygens (including phenoxy) is 1. The lowest BCUT2D eigenvalue weighted by Gasteiger charge is -2.43. The summed E-state index contributed by atoms with van der Waals surface area (Å²) in [6.45, 7) is 1.53. The van der Waals surface area contributed by atoms with Gasteiger partial charge in [0.2, 0.25) is 0 Å². The Balaban J connectivity index is 1.77. The first-order chi connectivity index (χ1) is 10.1. The van der Waals surface area contributed by atoms with E-state index in [4.69, 9.17) is 4.74 Å². The summed E-state index contributed by atoms with van der Waals surface area (Å²) in [6.07, 6.45) is 7.15. The Morgan fingerprint density at radius 2 is 2.24 bits per heavy atom. The summed E-state index contributed by atoms with van der Waals surface area (Å²) in [5.41, 5.74) is 0.524. The molecule has 0 radical (unpaired) electrons. The van der Waals surface area contributed by atoms with Crippen LogP contribution in [0.5, 0.6) is 5.75 Å². The van der Waals surface area contributed by atoms with Crippen LogP contribution >= 0.6 is 0 Å². The molecule has 1 aliphatic heterocycles. The molecule has 5 nitrogen and oxygen atoms in total. The van der Waals surface area contributed by atoms with Crippen molar-refractivity contribution >= 4 is 5.91 Å². The van der Waals surface area contributed by atoms with E-state index in [1.54, 1.807) is 13.2 Å². The maximum atomic E-state index is 12.6. The van der Waals surface area contributed by atoms with Gasteiger partial charge in [0.05, 0.1) is 12.3 Å². The Hall–Kier alpha value is -1.62. The topological polar surface area (TPSA) is 62.7 Å². The number of aromatic nitrogens is 1. The minimum absolute atomic E-state index is 0.0455. The van der Waals surface area contributed by atoms with Gasteiger partial charge >= 0.3 is 0 Å². The average molecular weight is 290 g/mol. The molecule has 1 aromatic heterocycles. The Kier molecular flexibility index (Phi) is 3.85. The van der Waals surface area contributed by atoms with Crippen molar-refractivity contribution in [2.45, 2.75) is 38.2 Å². The number of hydrogen-bond acceptors (Lipinski definition) is 4. The highest BCUT2D eigenvalue weighted by Gasteiger charge is 2.46. The molecule has 5 heteroatoms. The molecule has 21 heavy (non-hydrogen) atoms. The van der Waals surface area contributed by atoms with Crippen LogP contribution in [0.4, 0.5) is 0 Å². The third kappa shape index (κ3) is 2.62. The van der Waals surface area contributed by atoms with Crippen molar-refractivity contribution in [3.63, 3.8) is 0 Å². The van der Waals surface area contributed by atoms with Gasteiger partial charge in [-0.1, -0.05) is 6.42 Å². The smallest absolute Gasteiger partial charge is 0.272 e. The van der Waals surface area contributed by atoms with E-state index in [2.05, 4.69) is 4.98 Å². The van der Waals surface area contributed by atoms with Crippen LogP contribution in [0.25, 0.3) is 0 Å². The van der Waals surface area contributed by atoms with E-state index in [-0.39, 0.29) is 23.2 Å². The normalized spacial score (nSPS) is 29.0. The van der Waals surface area contributed by atoms with E-state index in [0.717, 1.165) is 38.8 Å². The maximum absolute atomic E-state index is 12.6. The van der Waals surface area contributed by atoms with Gasteiger partial charge < -0.3 is 14.7 Å². The molecule has 1 spiro atoms. The van der Waals surface area contributed by atoms with Crippen LogP contribution in [-0.4, -0.2) is 47.2 Å². The number of hydrogen-bond donors (Lipinski definition) is 1. The number of carbonyl (C=O) groups is 1. The first kappa shape index (κ1) is 14.3. The first-order valence-electron chi connectivity index (χ1n) is 7.62. The van der Waals surface area contributed by atoms with Crippen molar-refractivity contribution in [2.24, 2.45) is 5.41 Å². The van der Waals surface area contributed by atoms with E-state index in [1.165, 1.54) is 18.7 Å². The predicted octanol–water partition coefficient (Wildman–Crippen LogP) is 2.21. The molecule has 1 saturated carbocycles. The van der Waals surface area contributed by atoms with Crippen LogP contribution in [0.3, 0.4) is 0 Å². The molecule has 1 N–H and O–H groups in total. The van der Waals surface area contributed by atoms with Gasteiger partial charge in [0.1, 0.15) is 11.4 Å². The minimum atomic E-state index is -0.0455. The number of nitrogens with zero attached hydrogens (tertiary/aromatic N) is 2. The molecule has 0 aromatic carbocycles. The zero-order valence-corrected chi connectivity index (χ0v) is 12.4. The van der Waals surface area contributed by atoms with Gasteiger partial charge in [-0.05, 0) is 37.8 Å². The zero-order chi connectivity index (χ0) is 14.9. The van der Waals surface area contributed by atoms with E-state index >= 15 is 0 Å². The molecule has 0 unspecified atom stereocenters. The third-order valence-corrected chi connectivity index (χ3v) is 4.97. The molecule has 1 aromatic rings. The number of pyridine rings is 1. The lowest BCUT2D eigenvalue weighted by atomic mass is 9.76.